The van der Waals surface area contributed by atoms with Crippen molar-refractivity contribution in [2.75, 3.05) is 18.4 Å². The van der Waals surface area contributed by atoms with E-state index in [1.807, 2.05) is 20.8 Å². The molecule has 0 atom stereocenters. The maximum absolute atomic E-state index is 11.9. The molecule has 106 valence electrons. The van der Waals surface area contributed by atoms with E-state index in [0.29, 0.717) is 6.04 Å². The van der Waals surface area contributed by atoms with Crippen molar-refractivity contribution in [1.82, 2.24) is 14.5 Å². The molecule has 2 rings (SSSR count). The predicted octanol–water partition coefficient (Wildman–Crippen LogP) is 2.35. The zero-order valence-electron chi connectivity index (χ0n) is 11.5. The Labute approximate surface area is 117 Å². The highest BCUT2D eigenvalue weighted by atomic mass is 32.1. The summed E-state index contributed by atoms with van der Waals surface area (Å²) < 4.78 is 9.18. The molecular formula is C12H20N4O2S. The van der Waals surface area contributed by atoms with E-state index in [4.69, 9.17) is 4.74 Å². The summed E-state index contributed by atoms with van der Waals surface area (Å²) in [5.74, 6) is 0. The summed E-state index contributed by atoms with van der Waals surface area (Å²) in [7, 11) is 0. The molecule has 1 amide bonds. The van der Waals surface area contributed by atoms with E-state index in [-0.39, 0.29) is 6.09 Å². The Hall–Kier alpha value is -1.37. The number of rotatable bonds is 2. The largest absolute Gasteiger partial charge is 0.444 e. The van der Waals surface area contributed by atoms with Crippen LogP contribution in [0.4, 0.5) is 9.80 Å². The Morgan fingerprint density at radius 1 is 1.47 bits per heavy atom. The molecule has 1 aliphatic heterocycles. The summed E-state index contributed by atoms with van der Waals surface area (Å²) in [6.45, 7) is 7.10. The lowest BCUT2D eigenvalue weighted by atomic mass is 10.1. The lowest BCUT2D eigenvalue weighted by molar-refractivity contribution is 0.0210. The van der Waals surface area contributed by atoms with Crippen molar-refractivity contribution in [2.24, 2.45) is 0 Å². The van der Waals surface area contributed by atoms with Crippen LogP contribution in [0.1, 0.15) is 33.6 Å². The van der Waals surface area contributed by atoms with E-state index in [1.54, 1.807) is 11.1 Å². The summed E-state index contributed by atoms with van der Waals surface area (Å²) in [5, 5.41) is 8.16. The number of nitrogens with zero attached hydrogens (tertiary/aromatic N) is 3. The molecule has 0 radical (unpaired) electrons. The van der Waals surface area contributed by atoms with Crippen LogP contribution in [0.15, 0.2) is 6.20 Å². The zero-order valence-corrected chi connectivity index (χ0v) is 12.4. The zero-order chi connectivity index (χ0) is 13.9. The van der Waals surface area contributed by atoms with Crippen molar-refractivity contribution in [3.05, 3.63) is 6.20 Å². The summed E-state index contributed by atoms with van der Waals surface area (Å²) in [4.78, 5) is 13.7. The number of hydrogen-bond acceptors (Lipinski definition) is 6. The maximum atomic E-state index is 11.9. The van der Waals surface area contributed by atoms with Gasteiger partial charge >= 0.3 is 6.09 Å². The molecule has 1 aromatic heterocycles. The summed E-state index contributed by atoms with van der Waals surface area (Å²) in [6, 6.07) is 0.376. The minimum absolute atomic E-state index is 0.217. The van der Waals surface area contributed by atoms with Crippen LogP contribution >= 0.6 is 11.5 Å². The van der Waals surface area contributed by atoms with E-state index in [0.717, 1.165) is 30.9 Å². The summed E-state index contributed by atoms with van der Waals surface area (Å²) in [6.07, 6.45) is 3.34. The number of amides is 1. The smallest absolute Gasteiger partial charge is 0.410 e. The Kier molecular flexibility index (Phi) is 4.24. The van der Waals surface area contributed by atoms with Crippen LogP contribution in [0, 0.1) is 0 Å². The fourth-order valence-electron chi connectivity index (χ4n) is 1.96. The molecule has 0 spiro atoms. The van der Waals surface area contributed by atoms with Gasteiger partial charge in [0.25, 0.3) is 0 Å². The molecule has 1 saturated heterocycles. The first-order chi connectivity index (χ1) is 8.94. The van der Waals surface area contributed by atoms with Gasteiger partial charge < -0.3 is 15.0 Å². The first-order valence-corrected chi connectivity index (χ1v) is 7.23. The number of carbonyl (C=O) groups is 1. The highest BCUT2D eigenvalue weighted by Crippen LogP contribution is 2.19. The van der Waals surface area contributed by atoms with Gasteiger partial charge in [-0.1, -0.05) is 4.49 Å². The highest BCUT2D eigenvalue weighted by molar-refractivity contribution is 7.09. The average molecular weight is 284 g/mol. The van der Waals surface area contributed by atoms with Crippen LogP contribution in [0.25, 0.3) is 0 Å². The SMILES string of the molecule is CC(C)(C)OC(=O)N1CCC(Nc2cnns2)CC1. The number of nitrogens with one attached hydrogen (secondary N) is 1. The molecule has 0 aliphatic carbocycles. The minimum atomic E-state index is -0.430. The van der Waals surface area contributed by atoms with E-state index in [1.165, 1.54) is 11.5 Å². The van der Waals surface area contributed by atoms with Crippen molar-refractivity contribution < 1.29 is 9.53 Å². The van der Waals surface area contributed by atoms with Gasteiger partial charge in [0.1, 0.15) is 10.6 Å². The van der Waals surface area contributed by atoms with Gasteiger partial charge in [-0.25, -0.2) is 4.79 Å². The molecule has 0 aromatic carbocycles. The van der Waals surface area contributed by atoms with Crippen LogP contribution < -0.4 is 5.32 Å². The Morgan fingerprint density at radius 3 is 2.68 bits per heavy atom. The minimum Gasteiger partial charge on any atom is -0.444 e. The quantitative estimate of drug-likeness (QED) is 0.903. The number of carbonyl (C=O) groups excluding carboxylic acids is 1. The molecular weight excluding hydrogens is 264 g/mol. The van der Waals surface area contributed by atoms with Crippen molar-refractivity contribution in [3.8, 4) is 0 Å². The van der Waals surface area contributed by atoms with Crippen LogP contribution in [0.2, 0.25) is 0 Å². The Bertz CT molecular complexity index is 408. The van der Waals surface area contributed by atoms with Gasteiger partial charge in [0, 0.05) is 30.7 Å². The number of hydrogen-bond donors (Lipinski definition) is 1. The molecule has 0 saturated carbocycles. The van der Waals surface area contributed by atoms with Gasteiger partial charge in [-0.05, 0) is 33.6 Å². The molecule has 1 aromatic rings. The normalized spacial score (nSPS) is 17.3. The molecule has 0 unspecified atom stereocenters. The number of aromatic nitrogens is 2. The first kappa shape index (κ1) is 14.0. The van der Waals surface area contributed by atoms with E-state index in [9.17, 15) is 4.79 Å². The monoisotopic (exact) mass is 284 g/mol. The lowest BCUT2D eigenvalue weighted by Crippen LogP contribution is -2.44. The maximum Gasteiger partial charge on any atom is 0.410 e. The predicted molar refractivity (Wildman–Crippen MR) is 74.4 cm³/mol. The fraction of sp³-hybridized carbons (Fsp3) is 0.750. The number of ether oxygens (including phenoxy) is 1. The van der Waals surface area contributed by atoms with Gasteiger partial charge in [-0.15, -0.1) is 5.10 Å². The summed E-state index contributed by atoms with van der Waals surface area (Å²) >= 11 is 1.35. The Balaban J connectivity index is 1.77. The number of piperidine rings is 1. The molecule has 0 bridgehead atoms. The molecule has 1 N–H and O–H groups in total. The lowest BCUT2D eigenvalue weighted by Gasteiger charge is -2.33. The molecule has 7 heteroatoms. The molecule has 19 heavy (non-hydrogen) atoms. The Morgan fingerprint density at radius 2 is 2.16 bits per heavy atom. The van der Waals surface area contributed by atoms with E-state index in [2.05, 4.69) is 14.9 Å². The third-order valence-corrected chi connectivity index (χ3v) is 3.45. The van der Waals surface area contributed by atoms with Crippen LogP contribution in [-0.4, -0.2) is 45.3 Å². The van der Waals surface area contributed by atoms with Gasteiger partial charge in [0.15, 0.2) is 0 Å². The van der Waals surface area contributed by atoms with Crippen LogP contribution in [0.3, 0.4) is 0 Å². The topological polar surface area (TPSA) is 67.3 Å². The first-order valence-electron chi connectivity index (χ1n) is 6.46. The van der Waals surface area contributed by atoms with Crippen LogP contribution in [0.5, 0.6) is 0 Å². The second kappa shape index (κ2) is 5.73. The van der Waals surface area contributed by atoms with Crippen molar-refractivity contribution in [2.45, 2.75) is 45.3 Å². The second-order valence-electron chi connectivity index (χ2n) is 5.67. The standard InChI is InChI=1S/C12H20N4O2S/c1-12(2,3)18-11(17)16-6-4-9(5-7-16)14-10-8-13-15-19-10/h8-9,14H,4-7H2,1-3H3. The third-order valence-electron chi connectivity index (χ3n) is 2.85. The van der Waals surface area contributed by atoms with Crippen molar-refractivity contribution in [1.29, 1.82) is 0 Å². The fourth-order valence-corrected chi connectivity index (χ4v) is 2.46. The van der Waals surface area contributed by atoms with Gasteiger partial charge in [0.2, 0.25) is 0 Å². The second-order valence-corrected chi connectivity index (χ2v) is 6.45. The van der Waals surface area contributed by atoms with Crippen LogP contribution in [-0.2, 0) is 4.74 Å². The van der Waals surface area contributed by atoms with Gasteiger partial charge in [-0.2, -0.15) is 0 Å². The molecule has 1 fully saturated rings. The van der Waals surface area contributed by atoms with E-state index < -0.39 is 5.60 Å². The number of likely N-dealkylation sites (tertiary alicyclic amines) is 1. The molecule has 6 nitrogen and oxygen atoms in total. The number of anilines is 1. The third kappa shape index (κ3) is 4.34. The average Bonchev–Trinajstić information content (AvgIpc) is 2.80. The van der Waals surface area contributed by atoms with Gasteiger partial charge in [-0.3, -0.25) is 0 Å². The highest BCUT2D eigenvalue weighted by Gasteiger charge is 2.26. The van der Waals surface area contributed by atoms with Crippen molar-refractivity contribution in [3.63, 3.8) is 0 Å². The molecule has 2 heterocycles. The summed E-state index contributed by atoms with van der Waals surface area (Å²) in [5.41, 5.74) is -0.430. The van der Waals surface area contributed by atoms with Crippen molar-refractivity contribution >= 4 is 22.6 Å². The molecule has 1 aliphatic rings. The van der Waals surface area contributed by atoms with Gasteiger partial charge in [0.05, 0.1) is 6.20 Å². The van der Waals surface area contributed by atoms with E-state index >= 15 is 0 Å².